The number of aryl methyl sites for hydroxylation is 1. The van der Waals surface area contributed by atoms with E-state index < -0.39 is 0 Å². The highest BCUT2D eigenvalue weighted by atomic mass is 127. The predicted octanol–water partition coefficient (Wildman–Crippen LogP) is 2.12. The van der Waals surface area contributed by atoms with Crippen molar-refractivity contribution in [2.75, 3.05) is 31.6 Å². The van der Waals surface area contributed by atoms with Crippen molar-refractivity contribution in [2.45, 2.75) is 6.54 Å². The lowest BCUT2D eigenvalue weighted by molar-refractivity contribution is -0.120. The normalized spacial score (nSPS) is 15.0. The molecule has 140 valence electrons. The van der Waals surface area contributed by atoms with Crippen molar-refractivity contribution in [3.8, 4) is 0 Å². The van der Waals surface area contributed by atoms with E-state index in [0.29, 0.717) is 30.6 Å². The highest BCUT2D eigenvalue weighted by Gasteiger charge is 2.27. The van der Waals surface area contributed by atoms with Crippen molar-refractivity contribution in [3.63, 3.8) is 0 Å². The number of aromatic nitrogens is 2. The quantitative estimate of drug-likeness (QED) is 0.408. The molecule has 2 aromatic rings. The molecule has 26 heavy (non-hydrogen) atoms. The fourth-order valence-corrected chi connectivity index (χ4v) is 3.05. The van der Waals surface area contributed by atoms with E-state index in [0.717, 1.165) is 11.3 Å². The molecule has 2 heterocycles. The van der Waals surface area contributed by atoms with Crippen LogP contribution in [0.25, 0.3) is 0 Å². The van der Waals surface area contributed by atoms with E-state index in [1.165, 1.54) is 0 Å². The van der Waals surface area contributed by atoms with Gasteiger partial charge in [-0.3, -0.25) is 14.5 Å². The number of nitrogens with zero attached hydrogens (tertiary/aromatic N) is 5. The number of aliphatic imine (C=N–C) groups is 1. The van der Waals surface area contributed by atoms with Crippen LogP contribution in [-0.4, -0.2) is 53.2 Å². The number of anilines is 1. The van der Waals surface area contributed by atoms with E-state index in [4.69, 9.17) is 11.6 Å². The van der Waals surface area contributed by atoms with Crippen molar-refractivity contribution in [3.05, 3.63) is 47.2 Å². The molecule has 1 aliphatic heterocycles. The molecular formula is C17H22ClIN6O. The third kappa shape index (κ3) is 4.88. The Hall–Kier alpha value is -1.81. The number of hydrogen-bond acceptors (Lipinski definition) is 3. The van der Waals surface area contributed by atoms with Crippen molar-refractivity contribution < 1.29 is 4.79 Å². The van der Waals surface area contributed by atoms with Gasteiger partial charge in [0.1, 0.15) is 6.54 Å². The zero-order valence-electron chi connectivity index (χ0n) is 14.7. The number of guanidine groups is 1. The van der Waals surface area contributed by atoms with Crippen molar-refractivity contribution >= 4 is 53.1 Å². The molecule has 0 bridgehead atoms. The van der Waals surface area contributed by atoms with Crippen LogP contribution in [0.3, 0.4) is 0 Å². The zero-order valence-corrected chi connectivity index (χ0v) is 17.8. The molecule has 1 fully saturated rings. The van der Waals surface area contributed by atoms with Gasteiger partial charge in [0.2, 0.25) is 5.91 Å². The lowest BCUT2D eigenvalue weighted by Gasteiger charge is -2.35. The van der Waals surface area contributed by atoms with Crippen LogP contribution in [0, 0.1) is 0 Å². The van der Waals surface area contributed by atoms with Crippen LogP contribution in [0.2, 0.25) is 5.02 Å². The monoisotopic (exact) mass is 488 g/mol. The molecule has 7 nitrogen and oxygen atoms in total. The number of rotatable bonds is 3. The number of benzene rings is 1. The fourth-order valence-electron chi connectivity index (χ4n) is 2.83. The van der Waals surface area contributed by atoms with Gasteiger partial charge >= 0.3 is 0 Å². The van der Waals surface area contributed by atoms with Gasteiger partial charge in [-0.15, -0.1) is 24.0 Å². The van der Waals surface area contributed by atoms with Crippen molar-refractivity contribution in [1.82, 2.24) is 20.0 Å². The van der Waals surface area contributed by atoms with Gasteiger partial charge in [-0.1, -0.05) is 23.7 Å². The lowest BCUT2D eigenvalue weighted by atomic mass is 10.2. The molecule has 0 unspecified atom stereocenters. The van der Waals surface area contributed by atoms with Crippen molar-refractivity contribution in [1.29, 1.82) is 0 Å². The highest BCUT2D eigenvalue weighted by molar-refractivity contribution is 14.0. The standard InChI is InChI=1S/C17H21ClN6O.HI/c1-19-17(20-9-13-4-3-5-14(18)8-13)23-6-7-24(16(25)12-23)15-10-21-22(2)11-15;/h3-5,8,10-11H,6-7,9,12H2,1-2H3,(H,19,20);1H. The van der Waals surface area contributed by atoms with Crippen LogP contribution in [0.15, 0.2) is 41.7 Å². The Labute approximate surface area is 175 Å². The summed E-state index contributed by atoms with van der Waals surface area (Å²) < 4.78 is 1.69. The molecule has 1 aromatic heterocycles. The topological polar surface area (TPSA) is 65.8 Å². The molecule has 1 aromatic carbocycles. The number of hydrogen-bond donors (Lipinski definition) is 1. The number of halogens is 2. The summed E-state index contributed by atoms with van der Waals surface area (Å²) in [6, 6.07) is 7.67. The van der Waals surface area contributed by atoms with E-state index in [1.807, 2.05) is 42.4 Å². The fraction of sp³-hybridized carbons (Fsp3) is 0.353. The zero-order chi connectivity index (χ0) is 17.8. The maximum atomic E-state index is 12.5. The van der Waals surface area contributed by atoms with Gasteiger partial charge in [0.05, 0.1) is 11.9 Å². The maximum absolute atomic E-state index is 12.5. The molecule has 0 atom stereocenters. The summed E-state index contributed by atoms with van der Waals surface area (Å²) in [5.74, 6) is 0.740. The Morgan fingerprint density at radius 3 is 2.81 bits per heavy atom. The highest BCUT2D eigenvalue weighted by Crippen LogP contribution is 2.16. The van der Waals surface area contributed by atoms with E-state index >= 15 is 0 Å². The summed E-state index contributed by atoms with van der Waals surface area (Å²) in [6.07, 6.45) is 3.56. The van der Waals surface area contributed by atoms with Crippen LogP contribution in [-0.2, 0) is 18.4 Å². The molecule has 0 aliphatic carbocycles. The Morgan fingerprint density at radius 1 is 1.38 bits per heavy atom. The minimum atomic E-state index is 0. The largest absolute Gasteiger partial charge is 0.352 e. The summed E-state index contributed by atoms with van der Waals surface area (Å²) in [6.45, 7) is 2.19. The first-order valence-electron chi connectivity index (χ1n) is 8.06. The first-order chi connectivity index (χ1) is 12.1. The van der Waals surface area contributed by atoms with Crippen LogP contribution in [0.1, 0.15) is 5.56 Å². The van der Waals surface area contributed by atoms with Crippen LogP contribution < -0.4 is 10.2 Å². The van der Waals surface area contributed by atoms with E-state index in [1.54, 1.807) is 22.8 Å². The third-order valence-corrected chi connectivity index (χ3v) is 4.31. The molecule has 1 N–H and O–H groups in total. The second kappa shape index (κ2) is 9.22. The summed E-state index contributed by atoms with van der Waals surface area (Å²) in [4.78, 5) is 20.5. The predicted molar refractivity (Wildman–Crippen MR) is 114 cm³/mol. The van der Waals surface area contributed by atoms with E-state index in [9.17, 15) is 4.79 Å². The Balaban J connectivity index is 0.00000243. The number of piperazine rings is 1. The minimum Gasteiger partial charge on any atom is -0.352 e. The molecule has 3 rings (SSSR count). The molecule has 0 saturated carbocycles. The molecule has 1 amide bonds. The van der Waals surface area contributed by atoms with Gasteiger partial charge in [-0.2, -0.15) is 5.10 Å². The number of amides is 1. The number of carbonyl (C=O) groups is 1. The van der Waals surface area contributed by atoms with Gasteiger partial charge < -0.3 is 15.1 Å². The van der Waals surface area contributed by atoms with Crippen LogP contribution in [0.4, 0.5) is 5.69 Å². The molecule has 0 radical (unpaired) electrons. The Morgan fingerprint density at radius 2 is 2.19 bits per heavy atom. The summed E-state index contributed by atoms with van der Waals surface area (Å²) >= 11 is 6.01. The Bertz CT molecular complexity index is 793. The first-order valence-corrected chi connectivity index (χ1v) is 8.43. The second-order valence-corrected chi connectivity index (χ2v) is 6.31. The minimum absolute atomic E-state index is 0. The SMILES string of the molecule is CN=C(NCc1cccc(Cl)c1)N1CCN(c2cnn(C)c2)C(=O)C1.I. The van der Waals surface area contributed by atoms with E-state index in [-0.39, 0.29) is 36.4 Å². The van der Waals surface area contributed by atoms with Gasteiger partial charge in [0.25, 0.3) is 0 Å². The molecular weight excluding hydrogens is 467 g/mol. The van der Waals surface area contributed by atoms with Crippen LogP contribution in [0.5, 0.6) is 0 Å². The smallest absolute Gasteiger partial charge is 0.246 e. The molecule has 0 spiro atoms. The number of carbonyl (C=O) groups excluding carboxylic acids is 1. The van der Waals surface area contributed by atoms with Gasteiger partial charge in [-0.05, 0) is 17.7 Å². The Kier molecular flexibility index (Phi) is 7.27. The molecule has 9 heteroatoms. The third-order valence-electron chi connectivity index (χ3n) is 4.07. The summed E-state index contributed by atoms with van der Waals surface area (Å²) in [5, 5.41) is 8.12. The molecule has 1 saturated heterocycles. The average molecular weight is 489 g/mol. The summed E-state index contributed by atoms with van der Waals surface area (Å²) in [7, 11) is 3.56. The van der Waals surface area contributed by atoms with Gasteiger partial charge in [0.15, 0.2) is 5.96 Å². The van der Waals surface area contributed by atoms with E-state index in [2.05, 4.69) is 15.4 Å². The van der Waals surface area contributed by atoms with Crippen LogP contribution >= 0.6 is 35.6 Å². The van der Waals surface area contributed by atoms with Crippen molar-refractivity contribution in [2.24, 2.45) is 12.0 Å². The molecule has 1 aliphatic rings. The maximum Gasteiger partial charge on any atom is 0.246 e. The average Bonchev–Trinajstić information content (AvgIpc) is 3.02. The van der Waals surface area contributed by atoms with Gasteiger partial charge in [0, 0.05) is 44.9 Å². The second-order valence-electron chi connectivity index (χ2n) is 5.87. The summed E-state index contributed by atoms with van der Waals surface area (Å²) in [5.41, 5.74) is 1.89. The number of nitrogens with one attached hydrogen (secondary N) is 1. The van der Waals surface area contributed by atoms with Gasteiger partial charge in [-0.25, -0.2) is 0 Å². The first kappa shape index (κ1) is 20.5. The lowest BCUT2D eigenvalue weighted by Crippen LogP contribution is -2.55.